The first-order valence-corrected chi connectivity index (χ1v) is 9.31. The first-order valence-electron chi connectivity index (χ1n) is 6.20. The Morgan fingerprint density at radius 2 is 2.18 bits per heavy atom. The zero-order chi connectivity index (χ0) is 12.5. The van der Waals surface area contributed by atoms with Crippen LogP contribution in [0.5, 0.6) is 0 Å². The molecule has 0 radical (unpaired) electrons. The fraction of sp³-hybridized carbons (Fsp3) is 1.00. The Balaban J connectivity index is 2.01. The molecule has 2 aliphatic rings. The third kappa shape index (κ3) is 3.36. The van der Waals surface area contributed by atoms with Crippen LogP contribution < -0.4 is 5.32 Å². The van der Waals surface area contributed by atoms with Gasteiger partial charge in [-0.05, 0) is 24.9 Å². The van der Waals surface area contributed by atoms with Gasteiger partial charge in [0.2, 0.25) is 0 Å². The fourth-order valence-corrected chi connectivity index (χ4v) is 5.58. The molecule has 4 nitrogen and oxygen atoms in total. The zero-order valence-electron chi connectivity index (χ0n) is 10.6. The molecule has 0 saturated carbocycles. The van der Waals surface area contributed by atoms with Gasteiger partial charge in [0.15, 0.2) is 9.84 Å². The number of rotatable bonds is 3. The molecule has 3 atom stereocenters. The van der Waals surface area contributed by atoms with Crippen molar-refractivity contribution in [3.05, 3.63) is 0 Å². The van der Waals surface area contributed by atoms with Gasteiger partial charge in [-0.25, -0.2) is 8.42 Å². The first kappa shape index (κ1) is 13.6. The number of sulfone groups is 1. The predicted octanol–water partition coefficient (Wildman–Crippen LogP) is 0.261. The molecule has 100 valence electrons. The summed E-state index contributed by atoms with van der Waals surface area (Å²) in [5, 5.41) is 3.11. The van der Waals surface area contributed by atoms with Gasteiger partial charge in [0, 0.05) is 30.9 Å². The van der Waals surface area contributed by atoms with Crippen LogP contribution in [0.2, 0.25) is 0 Å². The molecule has 1 unspecified atom stereocenters. The summed E-state index contributed by atoms with van der Waals surface area (Å²) in [6, 6.07) is 0. The molecule has 6 heteroatoms. The Kier molecular flexibility index (Phi) is 4.39. The third-order valence-corrected chi connectivity index (χ3v) is 6.52. The van der Waals surface area contributed by atoms with Crippen LogP contribution in [0.4, 0.5) is 0 Å². The van der Waals surface area contributed by atoms with Gasteiger partial charge >= 0.3 is 0 Å². The van der Waals surface area contributed by atoms with Gasteiger partial charge in [-0.2, -0.15) is 11.8 Å². The van der Waals surface area contributed by atoms with Gasteiger partial charge in [0.1, 0.15) is 5.37 Å². The topological polar surface area (TPSA) is 49.4 Å². The molecule has 1 N–H and O–H groups in total. The lowest BCUT2D eigenvalue weighted by molar-refractivity contribution is 0.215. The Labute approximate surface area is 108 Å². The van der Waals surface area contributed by atoms with E-state index in [9.17, 15) is 8.42 Å². The van der Waals surface area contributed by atoms with Gasteiger partial charge in [0.25, 0.3) is 0 Å². The zero-order valence-corrected chi connectivity index (χ0v) is 12.2. The lowest BCUT2D eigenvalue weighted by Gasteiger charge is -2.36. The number of thioether (sulfide) groups is 1. The Hall–Kier alpha value is 0.220. The Morgan fingerprint density at radius 1 is 1.41 bits per heavy atom. The van der Waals surface area contributed by atoms with Gasteiger partial charge in [-0.15, -0.1) is 0 Å². The van der Waals surface area contributed by atoms with Crippen LogP contribution in [0.3, 0.4) is 0 Å². The van der Waals surface area contributed by atoms with E-state index in [0.29, 0.717) is 11.8 Å². The van der Waals surface area contributed by atoms with Crippen molar-refractivity contribution in [2.45, 2.75) is 12.3 Å². The van der Waals surface area contributed by atoms with Crippen LogP contribution in [0, 0.1) is 11.8 Å². The van der Waals surface area contributed by atoms with E-state index in [0.717, 1.165) is 37.7 Å². The highest BCUT2D eigenvalue weighted by atomic mass is 32.2. The standard InChI is InChI=1S/C11H22N2O2S2/c1-9-5-12-6-10(9)7-13-3-4-16-8-11(13)17(2,14)15/h9-12H,3-8H2,1-2H3/t9-,10+,11?/m1/s1. The Bertz CT molecular complexity index is 358. The fourth-order valence-electron chi connectivity index (χ4n) is 2.63. The van der Waals surface area contributed by atoms with Gasteiger partial charge in [0.05, 0.1) is 0 Å². The smallest absolute Gasteiger partial charge is 0.164 e. The second kappa shape index (κ2) is 5.47. The molecular formula is C11H22N2O2S2. The van der Waals surface area contributed by atoms with E-state index >= 15 is 0 Å². The number of nitrogens with one attached hydrogen (secondary N) is 1. The van der Waals surface area contributed by atoms with Gasteiger partial charge in [-0.1, -0.05) is 6.92 Å². The minimum absolute atomic E-state index is 0.269. The van der Waals surface area contributed by atoms with Crippen LogP contribution in [0.15, 0.2) is 0 Å². The Morgan fingerprint density at radius 3 is 2.76 bits per heavy atom. The number of hydrogen-bond acceptors (Lipinski definition) is 5. The van der Waals surface area contributed by atoms with Crippen molar-refractivity contribution in [1.29, 1.82) is 0 Å². The SMILES string of the molecule is C[C@@H]1CNC[C@H]1CN1CCSCC1S(C)(=O)=O. The highest BCUT2D eigenvalue weighted by Gasteiger charge is 2.34. The lowest BCUT2D eigenvalue weighted by atomic mass is 9.97. The maximum absolute atomic E-state index is 11.8. The summed E-state index contributed by atoms with van der Waals surface area (Å²) >= 11 is 1.76. The maximum atomic E-state index is 11.8. The third-order valence-electron chi connectivity index (χ3n) is 3.83. The first-order chi connectivity index (χ1) is 7.98. The molecule has 2 heterocycles. The van der Waals surface area contributed by atoms with E-state index in [1.807, 2.05) is 0 Å². The molecule has 0 bridgehead atoms. The molecule has 0 aromatic heterocycles. The predicted molar refractivity (Wildman–Crippen MR) is 73.1 cm³/mol. The second-order valence-electron chi connectivity index (χ2n) is 5.25. The largest absolute Gasteiger partial charge is 0.316 e. The minimum Gasteiger partial charge on any atom is -0.316 e. The maximum Gasteiger partial charge on any atom is 0.164 e. The van der Waals surface area contributed by atoms with E-state index in [2.05, 4.69) is 17.1 Å². The minimum atomic E-state index is -2.95. The van der Waals surface area contributed by atoms with Crippen molar-refractivity contribution < 1.29 is 8.42 Å². The summed E-state index contributed by atoms with van der Waals surface area (Å²) in [6.45, 7) is 6.18. The average molecular weight is 278 g/mol. The highest BCUT2D eigenvalue weighted by Crippen LogP contribution is 2.24. The summed E-state index contributed by atoms with van der Waals surface area (Å²) in [6.07, 6.45) is 1.37. The summed E-state index contributed by atoms with van der Waals surface area (Å²) in [5.41, 5.74) is 0. The number of hydrogen-bond donors (Lipinski definition) is 1. The monoisotopic (exact) mass is 278 g/mol. The van der Waals surface area contributed by atoms with E-state index < -0.39 is 9.84 Å². The van der Waals surface area contributed by atoms with Crippen molar-refractivity contribution in [3.8, 4) is 0 Å². The molecule has 2 saturated heterocycles. The van der Waals surface area contributed by atoms with Crippen LogP contribution >= 0.6 is 11.8 Å². The van der Waals surface area contributed by atoms with E-state index in [-0.39, 0.29) is 5.37 Å². The lowest BCUT2D eigenvalue weighted by Crippen LogP contribution is -2.49. The molecule has 2 rings (SSSR count). The van der Waals surface area contributed by atoms with Crippen molar-refractivity contribution in [1.82, 2.24) is 10.2 Å². The van der Waals surface area contributed by atoms with Gasteiger partial charge < -0.3 is 5.32 Å². The van der Waals surface area contributed by atoms with Crippen molar-refractivity contribution in [2.75, 3.05) is 43.9 Å². The molecular weight excluding hydrogens is 256 g/mol. The van der Waals surface area contributed by atoms with E-state index in [4.69, 9.17) is 0 Å². The van der Waals surface area contributed by atoms with Crippen LogP contribution in [0.25, 0.3) is 0 Å². The van der Waals surface area contributed by atoms with Crippen LogP contribution in [-0.4, -0.2) is 62.6 Å². The molecule has 0 aromatic carbocycles. The van der Waals surface area contributed by atoms with Crippen LogP contribution in [0.1, 0.15) is 6.92 Å². The molecule has 17 heavy (non-hydrogen) atoms. The van der Waals surface area contributed by atoms with Crippen molar-refractivity contribution >= 4 is 21.6 Å². The summed E-state index contributed by atoms with van der Waals surface area (Å²) in [4.78, 5) is 2.18. The summed E-state index contributed by atoms with van der Waals surface area (Å²) in [5.74, 6) is 3.04. The van der Waals surface area contributed by atoms with Gasteiger partial charge in [-0.3, -0.25) is 4.90 Å². The molecule has 2 aliphatic heterocycles. The average Bonchev–Trinajstić information content (AvgIpc) is 2.64. The van der Waals surface area contributed by atoms with Crippen LogP contribution in [-0.2, 0) is 9.84 Å². The summed E-state index contributed by atoms with van der Waals surface area (Å²) < 4.78 is 23.6. The normalized spacial score (nSPS) is 36.2. The molecule has 0 spiro atoms. The van der Waals surface area contributed by atoms with Crippen molar-refractivity contribution in [3.63, 3.8) is 0 Å². The number of nitrogens with zero attached hydrogens (tertiary/aromatic N) is 1. The second-order valence-corrected chi connectivity index (χ2v) is 8.60. The highest BCUT2D eigenvalue weighted by molar-refractivity contribution is 8.00. The summed E-state index contributed by atoms with van der Waals surface area (Å²) in [7, 11) is -2.95. The van der Waals surface area contributed by atoms with E-state index in [1.54, 1.807) is 11.8 Å². The molecule has 0 aromatic rings. The quantitative estimate of drug-likeness (QED) is 0.802. The molecule has 2 fully saturated rings. The van der Waals surface area contributed by atoms with E-state index in [1.165, 1.54) is 6.26 Å². The van der Waals surface area contributed by atoms with Crippen molar-refractivity contribution in [2.24, 2.45) is 11.8 Å². The molecule has 0 aliphatic carbocycles. The molecule has 0 amide bonds.